The van der Waals surface area contributed by atoms with Crippen LogP contribution in [0, 0.1) is 35.5 Å². The van der Waals surface area contributed by atoms with Gasteiger partial charge in [0.2, 0.25) is 70.9 Å². The molecule has 0 aromatic carbocycles. The minimum absolute atomic E-state index is 0.0346. The average molecular weight is 1620 g/mol. The maximum absolute atomic E-state index is 16.0. The van der Waals surface area contributed by atoms with Crippen molar-refractivity contribution >= 4 is 70.9 Å². The molecule has 0 radical (unpaired) electrons. The first-order valence-electron chi connectivity index (χ1n) is 42.3. The highest BCUT2D eigenvalue weighted by Gasteiger charge is 2.58. The van der Waals surface area contributed by atoms with E-state index in [0.717, 1.165) is 35.3 Å². The summed E-state index contributed by atoms with van der Waals surface area (Å²) in [4.78, 5) is 199. The van der Waals surface area contributed by atoms with E-state index in [1.165, 1.54) is 88.6 Å². The topological polar surface area (TPSA) is 280 Å². The lowest BCUT2D eigenvalue weighted by Crippen LogP contribution is -2.68. The molecule has 6 aliphatic carbocycles. The van der Waals surface area contributed by atoms with Gasteiger partial charge in [-0.2, -0.15) is 26.3 Å². The first kappa shape index (κ1) is 89.2. The van der Waals surface area contributed by atoms with Gasteiger partial charge < -0.3 is 69.1 Å². The second-order valence-electron chi connectivity index (χ2n) is 34.8. The van der Waals surface area contributed by atoms with E-state index in [9.17, 15) is 26.3 Å². The van der Waals surface area contributed by atoms with Crippen LogP contribution in [0.2, 0.25) is 0 Å². The number of hydrogen-bond donors (Lipinski definition) is 2. The number of nitrogens with zero attached hydrogens (tertiary/aromatic N) is 10. The minimum Gasteiger partial charge on any atom is -0.381 e. The number of ether oxygens (including phenoxy) is 2. The molecule has 2 bridgehead atoms. The Hall–Kier alpha value is -7.12. The molecule has 26 nitrogen and oxygen atoms in total. The molecule has 0 aromatic rings. The molecule has 2 N–H and O–H groups in total. The monoisotopic (exact) mass is 1620 g/mol. The van der Waals surface area contributed by atoms with Crippen LogP contribution in [0.25, 0.3) is 0 Å². The molecule has 13 atom stereocenters. The number of alkyl halides is 6. The predicted molar refractivity (Wildman–Crippen MR) is 408 cm³/mol. The standard InChI is InChI=1S/C82H126F6N12O14/c1-12-21-60-71(104)90-69(49(4)13-2)77(110)99(56-30-31-56)48-68(103)93(7)61-43-54-42-53(54)34-39-98(76(61)109)63(40-50-24-28-55(29-25-50)81(83,84)85)73(106)91(5)47-66(101)89-59(33-27-51-26-32-58(82(86,87)88)65(41-51)113-11)72(105)100-46-57(114-14-3)44-64(100)74(107)96(10)80(35-20-36-80)79(112)95(9)70(52-22-16-15-17-23-52)78(111)94(8)62(45-67(102)92(60)6)75(108)97-37-18-19-38-97/h49-52,55-65,69-70H,12-48H2,1-11H3,(H,89,101)(H,90,104)/t49-,50?,51?,55?,57+,58?,59-,60-,61-,62-,63-,64-,65?,69-,70-/m0/s1. The van der Waals surface area contributed by atoms with E-state index < -0.39 is 210 Å². The molecule has 32 heteroatoms. The van der Waals surface area contributed by atoms with Crippen LogP contribution < -0.4 is 10.6 Å². The van der Waals surface area contributed by atoms with Crippen LogP contribution in [0.1, 0.15) is 220 Å². The fraction of sp³-hybridized carbons (Fsp3) is 0.829. The minimum atomic E-state index is -4.56. The van der Waals surface area contributed by atoms with Crippen molar-refractivity contribution in [3.63, 3.8) is 0 Å². The van der Waals surface area contributed by atoms with Gasteiger partial charge in [0.1, 0.15) is 60.4 Å². The molecule has 114 heavy (non-hydrogen) atoms. The molecule has 10 rings (SSSR count). The molecule has 12 amide bonds. The Morgan fingerprint density at radius 1 is 0.588 bits per heavy atom. The van der Waals surface area contributed by atoms with Crippen LogP contribution in [-0.4, -0.2) is 300 Å². The molecule has 3 saturated heterocycles. The molecule has 8 fully saturated rings. The molecule has 0 aromatic heterocycles. The summed E-state index contributed by atoms with van der Waals surface area (Å²) >= 11 is 0. The van der Waals surface area contributed by atoms with Crippen LogP contribution in [0.5, 0.6) is 0 Å². The van der Waals surface area contributed by atoms with Crippen LogP contribution >= 0.6 is 0 Å². The number of likely N-dealkylation sites (N-methyl/N-ethyl adjacent to an activating group) is 6. The lowest BCUT2D eigenvalue weighted by atomic mass is 9.73. The van der Waals surface area contributed by atoms with E-state index in [2.05, 4.69) is 10.6 Å². The largest absolute Gasteiger partial charge is 0.394 e. The van der Waals surface area contributed by atoms with Crippen molar-refractivity contribution in [3.8, 4) is 0 Å². The Labute approximate surface area is 667 Å². The van der Waals surface area contributed by atoms with E-state index in [1.807, 2.05) is 13.8 Å². The van der Waals surface area contributed by atoms with Gasteiger partial charge in [-0.25, -0.2) is 0 Å². The number of halogens is 6. The zero-order valence-corrected chi connectivity index (χ0v) is 68.9. The predicted octanol–water partition coefficient (Wildman–Crippen LogP) is 7.78. The van der Waals surface area contributed by atoms with E-state index in [-0.39, 0.29) is 116 Å². The number of likely N-dealkylation sites (tertiary alicyclic amines) is 1. The van der Waals surface area contributed by atoms with Gasteiger partial charge in [0, 0.05) is 94.6 Å². The van der Waals surface area contributed by atoms with E-state index in [4.69, 9.17) is 9.47 Å². The molecular weight excluding hydrogens is 1490 g/mol. The fourth-order valence-electron chi connectivity index (χ4n) is 19.7. The van der Waals surface area contributed by atoms with Crippen LogP contribution in [0.4, 0.5) is 26.3 Å². The van der Waals surface area contributed by atoms with Gasteiger partial charge >= 0.3 is 12.4 Å². The molecule has 4 aliphatic heterocycles. The van der Waals surface area contributed by atoms with E-state index >= 15 is 57.5 Å². The molecular formula is C82H126F6N12O14. The lowest BCUT2D eigenvalue weighted by Gasteiger charge is -2.51. The smallest absolute Gasteiger partial charge is 0.381 e. The number of amides is 12. The van der Waals surface area contributed by atoms with Crippen molar-refractivity contribution in [2.75, 3.05) is 95.3 Å². The second-order valence-corrected chi connectivity index (χ2v) is 34.8. The van der Waals surface area contributed by atoms with E-state index in [0.29, 0.717) is 83.7 Å². The van der Waals surface area contributed by atoms with Crippen molar-refractivity contribution in [1.29, 1.82) is 0 Å². The molecule has 3 unspecified atom stereocenters. The van der Waals surface area contributed by atoms with Gasteiger partial charge in [0.05, 0.1) is 37.0 Å². The average Bonchev–Trinajstić information content (AvgIpc) is 0.886. The lowest BCUT2D eigenvalue weighted by molar-refractivity contribution is -0.215. The Morgan fingerprint density at radius 2 is 1.25 bits per heavy atom. The number of carbonyl (C=O) groups excluding carboxylic acids is 12. The number of hydrogen-bond acceptors (Lipinski definition) is 14. The normalized spacial score (nSPS) is 32.0. The molecule has 640 valence electrons. The summed E-state index contributed by atoms with van der Waals surface area (Å²) in [5, 5.41) is 5.83. The fourth-order valence-corrected chi connectivity index (χ4v) is 19.7. The van der Waals surface area contributed by atoms with E-state index in [1.54, 1.807) is 18.7 Å². The van der Waals surface area contributed by atoms with Gasteiger partial charge in [0.15, 0.2) is 0 Å². The molecule has 1 spiro atoms. The number of carbonyl (C=O) groups is 12. The molecule has 4 heterocycles. The third-order valence-corrected chi connectivity index (χ3v) is 27.6. The van der Waals surface area contributed by atoms with Crippen molar-refractivity contribution in [3.05, 3.63) is 11.1 Å². The van der Waals surface area contributed by atoms with Crippen molar-refractivity contribution in [2.45, 2.75) is 305 Å². The maximum atomic E-state index is 16.0. The maximum Gasteiger partial charge on any atom is 0.394 e. The van der Waals surface area contributed by atoms with Crippen molar-refractivity contribution in [2.24, 2.45) is 35.5 Å². The molecule has 10 aliphatic rings. The summed E-state index contributed by atoms with van der Waals surface area (Å²) in [5.41, 5.74) is 0.329. The Morgan fingerprint density at radius 3 is 1.85 bits per heavy atom. The van der Waals surface area contributed by atoms with Crippen molar-refractivity contribution < 1.29 is 93.4 Å². The first-order valence-corrected chi connectivity index (χ1v) is 42.3. The summed E-state index contributed by atoms with van der Waals surface area (Å²) in [6, 6.07) is -11.0. The Bertz CT molecular complexity index is 3520. The van der Waals surface area contributed by atoms with Crippen LogP contribution in [0.3, 0.4) is 0 Å². The highest BCUT2D eigenvalue weighted by Crippen LogP contribution is 2.47. The summed E-state index contributed by atoms with van der Waals surface area (Å²) in [6.45, 7) is 6.55. The number of rotatable bonds is 15. The van der Waals surface area contributed by atoms with Gasteiger partial charge in [-0.15, -0.1) is 0 Å². The van der Waals surface area contributed by atoms with Crippen LogP contribution in [0.15, 0.2) is 11.1 Å². The van der Waals surface area contributed by atoms with Gasteiger partial charge in [-0.3, -0.25) is 57.5 Å². The van der Waals surface area contributed by atoms with Gasteiger partial charge in [-0.05, 0) is 178 Å². The number of methoxy groups -OCH3 is 1. The third kappa shape index (κ3) is 20.3. The highest BCUT2D eigenvalue weighted by molar-refractivity contribution is 6.01. The summed E-state index contributed by atoms with van der Waals surface area (Å²) in [7, 11) is 9.84. The van der Waals surface area contributed by atoms with Gasteiger partial charge in [0.25, 0.3) is 0 Å². The zero-order chi connectivity index (χ0) is 83.2. The zero-order valence-electron chi connectivity index (χ0n) is 68.9. The number of fused-ring (bicyclic) bond motifs is 3. The quantitative estimate of drug-likeness (QED) is 0.117. The summed E-state index contributed by atoms with van der Waals surface area (Å²) < 4.78 is 97.6. The highest BCUT2D eigenvalue weighted by atomic mass is 19.4. The molecule has 5 saturated carbocycles. The van der Waals surface area contributed by atoms with Crippen LogP contribution in [-0.2, 0) is 67.0 Å². The van der Waals surface area contributed by atoms with Crippen molar-refractivity contribution in [1.82, 2.24) is 59.6 Å². The Balaban J connectivity index is 1.05. The van der Waals surface area contributed by atoms with Gasteiger partial charge in [-0.1, -0.05) is 64.0 Å². The Kier molecular flexibility index (Phi) is 29.8. The summed E-state index contributed by atoms with van der Waals surface area (Å²) in [6.07, 6.45) is -4.10. The summed E-state index contributed by atoms with van der Waals surface area (Å²) in [5.74, 6) is -13.3. The third-order valence-electron chi connectivity index (χ3n) is 27.6. The second kappa shape index (κ2) is 38.1. The number of nitrogens with one attached hydrogen (secondary N) is 2. The SMILES string of the molecule is CCC[C@H]1C(=O)N[C@@H]([C@@H](C)CC)C(=O)N(C2CC2)CC(=O)N(C)[C@H]2CC3=C(CCN(C2=O)[C@@H](CC2CCC(C(F)(F)F)CC2)C(=O)N(C)CC(=O)N[C@@H](CCC2CCC(C(F)(F)F)C(OC)C2)C(=O)N2C[C@H](OCC)C[C@H]2C(=O)N(C)C2(CCC2)C(=O)N(C)[C@@H](C2CCCCC2)C(=O)N(C)[C@H](C(=O)N2CCCC2)CC(=O)N1C)C3. The first-order chi connectivity index (χ1) is 54.0.